The van der Waals surface area contributed by atoms with Crippen LogP contribution in [0.4, 0.5) is 5.13 Å². The number of amides is 1. The van der Waals surface area contributed by atoms with Crippen LogP contribution < -0.4 is 4.90 Å². The number of aromatic nitrogens is 1. The van der Waals surface area contributed by atoms with Crippen molar-refractivity contribution in [3.05, 3.63) is 77.7 Å². The van der Waals surface area contributed by atoms with Gasteiger partial charge >= 0.3 is 0 Å². The quantitative estimate of drug-likeness (QED) is 0.350. The van der Waals surface area contributed by atoms with Crippen molar-refractivity contribution in [2.24, 2.45) is 0 Å². The van der Waals surface area contributed by atoms with Crippen LogP contribution in [0.25, 0.3) is 10.2 Å². The van der Waals surface area contributed by atoms with Crippen LogP contribution in [0.3, 0.4) is 0 Å². The number of nitrogens with zero attached hydrogens (tertiary/aromatic N) is 2. The first-order chi connectivity index (χ1) is 15.3. The van der Waals surface area contributed by atoms with Gasteiger partial charge in [-0.3, -0.25) is 9.69 Å². The Morgan fingerprint density at radius 1 is 1.09 bits per heavy atom. The summed E-state index contributed by atoms with van der Waals surface area (Å²) >= 11 is 1.40. The summed E-state index contributed by atoms with van der Waals surface area (Å²) in [7, 11) is -3.58. The number of anilines is 1. The van der Waals surface area contributed by atoms with Gasteiger partial charge in [0.15, 0.2) is 15.0 Å². The van der Waals surface area contributed by atoms with Crippen molar-refractivity contribution < 1.29 is 17.6 Å². The first kappa shape index (κ1) is 22.2. The second kappa shape index (κ2) is 8.88. The molecule has 0 bridgehead atoms. The summed E-state index contributed by atoms with van der Waals surface area (Å²) in [6.07, 6.45) is 1.54. The van der Waals surface area contributed by atoms with E-state index >= 15 is 0 Å². The van der Waals surface area contributed by atoms with Gasteiger partial charge in [0.2, 0.25) is 0 Å². The molecule has 4 rings (SSSR count). The molecule has 6 nitrogen and oxygen atoms in total. The topological polar surface area (TPSA) is 80.5 Å². The normalized spacial score (nSPS) is 11.9. The van der Waals surface area contributed by atoms with Crippen LogP contribution in [0, 0.1) is 0 Å². The molecule has 4 aromatic rings. The van der Waals surface area contributed by atoms with E-state index in [0.29, 0.717) is 10.9 Å². The SMILES string of the molecule is CCS(=O)(=O)c1ccccc1C(=O)N(Cc1ccco1)c1nc2c(C(C)C)cccc2s1. The summed E-state index contributed by atoms with van der Waals surface area (Å²) in [5, 5.41) is 0.498. The molecule has 0 radical (unpaired) electrons. The molecule has 2 aromatic heterocycles. The van der Waals surface area contributed by atoms with Gasteiger partial charge in [0.1, 0.15) is 5.76 Å². The number of carbonyl (C=O) groups excluding carboxylic acids is 1. The third-order valence-electron chi connectivity index (χ3n) is 5.26. The highest BCUT2D eigenvalue weighted by Gasteiger charge is 2.28. The second-order valence-corrected chi connectivity index (χ2v) is 11.0. The van der Waals surface area contributed by atoms with Gasteiger partial charge in [-0.25, -0.2) is 13.4 Å². The maximum Gasteiger partial charge on any atom is 0.261 e. The lowest BCUT2D eigenvalue weighted by atomic mass is 10.0. The number of thiazole rings is 1. The first-order valence-corrected chi connectivity index (χ1v) is 12.8. The van der Waals surface area contributed by atoms with Crippen molar-refractivity contribution in [1.82, 2.24) is 4.98 Å². The third kappa shape index (κ3) is 4.20. The highest BCUT2D eigenvalue weighted by molar-refractivity contribution is 7.91. The number of hydrogen-bond acceptors (Lipinski definition) is 6. The zero-order valence-corrected chi connectivity index (χ0v) is 19.7. The minimum absolute atomic E-state index is 0.0286. The predicted molar refractivity (Wildman–Crippen MR) is 127 cm³/mol. The van der Waals surface area contributed by atoms with Crippen molar-refractivity contribution in [1.29, 1.82) is 0 Å². The number of fused-ring (bicyclic) bond motifs is 1. The number of para-hydroxylation sites is 1. The fourth-order valence-electron chi connectivity index (χ4n) is 3.54. The Labute approximate surface area is 191 Å². The number of rotatable bonds is 7. The second-order valence-electron chi connectivity index (χ2n) is 7.72. The van der Waals surface area contributed by atoms with Crippen LogP contribution in [0.5, 0.6) is 0 Å². The number of hydrogen-bond donors (Lipinski definition) is 0. The average molecular weight is 469 g/mol. The molecule has 0 saturated heterocycles. The van der Waals surface area contributed by atoms with Crippen molar-refractivity contribution in [2.75, 3.05) is 10.7 Å². The minimum Gasteiger partial charge on any atom is -0.467 e. The van der Waals surface area contributed by atoms with E-state index in [2.05, 4.69) is 13.8 Å². The van der Waals surface area contributed by atoms with Gasteiger partial charge in [0, 0.05) is 0 Å². The van der Waals surface area contributed by atoms with Crippen LogP contribution in [0.1, 0.15) is 48.4 Å². The van der Waals surface area contributed by atoms with Gasteiger partial charge in [-0.2, -0.15) is 0 Å². The molecule has 8 heteroatoms. The van der Waals surface area contributed by atoms with E-state index in [1.54, 1.807) is 43.5 Å². The molecule has 0 fully saturated rings. The Morgan fingerprint density at radius 3 is 2.56 bits per heavy atom. The van der Waals surface area contributed by atoms with Crippen LogP contribution in [0.2, 0.25) is 0 Å². The highest BCUT2D eigenvalue weighted by Crippen LogP contribution is 2.35. The van der Waals surface area contributed by atoms with Crippen molar-refractivity contribution >= 4 is 42.4 Å². The lowest BCUT2D eigenvalue weighted by Crippen LogP contribution is -2.31. The Hall–Kier alpha value is -2.97. The molecule has 0 aliphatic rings. The molecule has 0 aliphatic heterocycles. The summed E-state index contributed by atoms with van der Waals surface area (Å²) in [6, 6.07) is 15.9. The molecular weight excluding hydrogens is 444 g/mol. The zero-order chi connectivity index (χ0) is 22.9. The number of benzene rings is 2. The molecule has 0 spiro atoms. The predicted octanol–water partition coefficient (Wildman–Crippen LogP) is 5.65. The average Bonchev–Trinajstić information content (AvgIpc) is 3.46. The summed E-state index contributed by atoms with van der Waals surface area (Å²) in [4.78, 5) is 20.1. The number of carbonyl (C=O) groups is 1. The maximum atomic E-state index is 13.7. The molecule has 0 saturated carbocycles. The van der Waals surface area contributed by atoms with E-state index in [1.165, 1.54) is 22.3 Å². The molecule has 1 amide bonds. The molecule has 0 unspecified atom stereocenters. The van der Waals surface area contributed by atoms with Crippen molar-refractivity contribution in [3.63, 3.8) is 0 Å². The molecule has 2 aromatic carbocycles. The van der Waals surface area contributed by atoms with E-state index in [9.17, 15) is 13.2 Å². The standard InChI is InChI=1S/C24H24N2O4S2/c1-4-32(28,29)21-13-6-5-10-19(21)23(27)26(15-17-9-8-14-30-17)24-25-22-18(16(2)3)11-7-12-20(22)31-24/h5-14,16H,4,15H2,1-3H3. The Bertz CT molecular complexity index is 1360. The zero-order valence-electron chi connectivity index (χ0n) is 18.1. The molecule has 0 aliphatic carbocycles. The van der Waals surface area contributed by atoms with Gasteiger partial charge in [-0.15, -0.1) is 0 Å². The number of sulfone groups is 1. The van der Waals surface area contributed by atoms with Crippen LogP contribution >= 0.6 is 11.3 Å². The summed E-state index contributed by atoms with van der Waals surface area (Å²) in [5.74, 6) is 0.337. The minimum atomic E-state index is -3.58. The van der Waals surface area contributed by atoms with Gasteiger partial charge in [0.25, 0.3) is 5.91 Å². The lowest BCUT2D eigenvalue weighted by molar-refractivity contribution is 0.0980. The fraction of sp³-hybridized carbons (Fsp3) is 0.250. The molecule has 0 atom stereocenters. The van der Waals surface area contributed by atoms with Gasteiger partial charge in [-0.05, 0) is 41.8 Å². The largest absolute Gasteiger partial charge is 0.467 e. The molecule has 32 heavy (non-hydrogen) atoms. The Morgan fingerprint density at radius 2 is 1.88 bits per heavy atom. The van der Waals surface area contributed by atoms with Crippen LogP contribution in [-0.2, 0) is 16.4 Å². The highest BCUT2D eigenvalue weighted by atomic mass is 32.2. The summed E-state index contributed by atoms with van der Waals surface area (Å²) in [6.45, 7) is 5.91. The van der Waals surface area contributed by atoms with Gasteiger partial charge in [-0.1, -0.05) is 56.4 Å². The summed E-state index contributed by atoms with van der Waals surface area (Å²) in [5.41, 5.74) is 2.09. The van der Waals surface area contributed by atoms with E-state index in [0.717, 1.165) is 15.8 Å². The van der Waals surface area contributed by atoms with E-state index in [1.807, 2.05) is 18.2 Å². The third-order valence-corrected chi connectivity index (χ3v) is 8.09. The Kier molecular flexibility index (Phi) is 6.17. The van der Waals surface area contributed by atoms with Crippen LogP contribution in [0.15, 0.2) is 70.2 Å². The monoisotopic (exact) mass is 468 g/mol. The first-order valence-electron chi connectivity index (χ1n) is 10.4. The maximum absolute atomic E-state index is 13.7. The molecule has 2 heterocycles. The van der Waals surface area contributed by atoms with E-state index in [-0.39, 0.29) is 28.7 Å². The Balaban J connectivity index is 1.86. The summed E-state index contributed by atoms with van der Waals surface area (Å²) < 4.78 is 31.8. The van der Waals surface area contributed by atoms with E-state index < -0.39 is 15.7 Å². The van der Waals surface area contributed by atoms with E-state index in [4.69, 9.17) is 9.40 Å². The van der Waals surface area contributed by atoms with Crippen molar-refractivity contribution in [2.45, 2.75) is 38.1 Å². The van der Waals surface area contributed by atoms with Crippen LogP contribution in [-0.4, -0.2) is 25.1 Å². The fourth-order valence-corrected chi connectivity index (χ4v) is 5.62. The van der Waals surface area contributed by atoms with Gasteiger partial charge in [0.05, 0.1) is 39.2 Å². The smallest absolute Gasteiger partial charge is 0.261 e. The molecule has 166 valence electrons. The molecule has 0 N–H and O–H groups in total. The number of furan rings is 1. The van der Waals surface area contributed by atoms with Crippen molar-refractivity contribution in [3.8, 4) is 0 Å². The van der Waals surface area contributed by atoms with Gasteiger partial charge < -0.3 is 4.42 Å². The molecular formula is C24H24N2O4S2. The lowest BCUT2D eigenvalue weighted by Gasteiger charge is -2.20.